The fourth-order valence-electron chi connectivity index (χ4n) is 4.04. The van der Waals surface area contributed by atoms with Crippen molar-refractivity contribution in [3.8, 4) is 11.1 Å². The zero-order valence-corrected chi connectivity index (χ0v) is 26.5. The molecule has 5 nitrogen and oxygen atoms in total. The summed E-state index contributed by atoms with van der Waals surface area (Å²) in [4.78, 5) is 24.4. The SMILES string of the molecule is Cc1cc(-c2ccn3ccnc3c2)cnc1SC(C(=O)N1CCCC1)c1ccccc1.[CH3-].[Cs+]. The molecule has 33 heavy (non-hydrogen) atoms. The van der Waals surface area contributed by atoms with Gasteiger partial charge in [-0.2, -0.15) is 0 Å². The van der Waals surface area contributed by atoms with Crippen LogP contribution in [0.3, 0.4) is 0 Å². The van der Waals surface area contributed by atoms with E-state index >= 15 is 0 Å². The van der Waals surface area contributed by atoms with Crippen LogP contribution in [0.15, 0.2) is 78.3 Å². The largest absolute Gasteiger partial charge is 1.00 e. The molecule has 0 saturated carbocycles. The number of imidazole rings is 1. The van der Waals surface area contributed by atoms with Gasteiger partial charge in [-0.25, -0.2) is 9.97 Å². The van der Waals surface area contributed by atoms with Crippen LogP contribution in [0, 0.1) is 14.4 Å². The number of fused-ring (bicyclic) bond motifs is 1. The smallest absolute Gasteiger partial charge is 0.358 e. The number of pyridine rings is 2. The summed E-state index contributed by atoms with van der Waals surface area (Å²) in [6.45, 7) is 3.77. The average Bonchev–Trinajstić information content (AvgIpc) is 3.50. The van der Waals surface area contributed by atoms with Crippen LogP contribution < -0.4 is 68.9 Å². The Balaban J connectivity index is 0.00000153. The third-order valence-electron chi connectivity index (χ3n) is 5.74. The number of rotatable bonds is 5. The number of amides is 1. The summed E-state index contributed by atoms with van der Waals surface area (Å²) in [5.74, 6) is 0.184. The third kappa shape index (κ3) is 5.96. The average molecular weight is 577 g/mol. The number of likely N-dealkylation sites (tertiary alicyclic amines) is 1. The summed E-state index contributed by atoms with van der Waals surface area (Å²) in [5, 5.41) is 0.615. The van der Waals surface area contributed by atoms with Crippen molar-refractivity contribution >= 4 is 23.3 Å². The molecule has 4 heterocycles. The Bertz CT molecular complexity index is 1220. The van der Waals surface area contributed by atoms with E-state index in [1.54, 1.807) is 18.0 Å². The summed E-state index contributed by atoms with van der Waals surface area (Å²) in [6.07, 6.45) is 9.81. The molecule has 0 bridgehead atoms. The van der Waals surface area contributed by atoms with Crippen LogP contribution >= 0.6 is 11.8 Å². The molecule has 7 heteroatoms. The normalized spacial score (nSPS) is 13.9. The van der Waals surface area contributed by atoms with Gasteiger partial charge >= 0.3 is 68.9 Å². The van der Waals surface area contributed by atoms with Crippen LogP contribution in [-0.2, 0) is 4.79 Å². The van der Waals surface area contributed by atoms with E-state index in [-0.39, 0.29) is 87.5 Å². The molecule has 4 aromatic rings. The summed E-state index contributed by atoms with van der Waals surface area (Å²) in [7, 11) is 0. The molecule has 1 aliphatic heterocycles. The molecule has 1 unspecified atom stereocenters. The van der Waals surface area contributed by atoms with Crippen LogP contribution in [-0.4, -0.2) is 38.3 Å². The second kappa shape index (κ2) is 12.1. The van der Waals surface area contributed by atoms with Crippen LogP contribution in [0.25, 0.3) is 16.8 Å². The quantitative estimate of drug-likeness (QED) is 0.271. The van der Waals surface area contributed by atoms with Crippen LogP contribution in [0.2, 0.25) is 0 Å². The standard InChI is InChI=1S/C25H24N4OS.CH3.Cs/c1-18-15-21(20-9-13-28-14-10-26-22(28)16-20)17-27-24(18)31-23(19-7-3-2-4-8-19)25(30)29-11-5-6-12-29;;/h2-4,7-10,13-17,23H,5-6,11-12H2,1H3;1H3;/q;-1;+1. The van der Waals surface area contributed by atoms with Gasteiger partial charge in [0.2, 0.25) is 5.91 Å². The molecular formula is C26H27CsN4OS. The maximum Gasteiger partial charge on any atom is 1.00 e. The molecule has 1 saturated heterocycles. The van der Waals surface area contributed by atoms with Gasteiger partial charge in [0.15, 0.2) is 0 Å². The number of aryl methyl sites for hydroxylation is 1. The molecule has 0 N–H and O–H groups in total. The van der Waals surface area contributed by atoms with Crippen LogP contribution in [0.1, 0.15) is 29.2 Å². The van der Waals surface area contributed by atoms with Gasteiger partial charge in [0, 0.05) is 43.4 Å². The second-order valence-corrected chi connectivity index (χ2v) is 8.99. The molecule has 1 aromatic carbocycles. The van der Waals surface area contributed by atoms with Crippen molar-refractivity contribution < 1.29 is 73.7 Å². The van der Waals surface area contributed by atoms with E-state index in [1.165, 1.54) is 0 Å². The minimum atomic E-state index is -0.280. The van der Waals surface area contributed by atoms with Gasteiger partial charge in [-0.05, 0) is 54.7 Å². The van der Waals surface area contributed by atoms with Gasteiger partial charge in [-0.3, -0.25) is 4.79 Å². The van der Waals surface area contributed by atoms with Crippen molar-refractivity contribution in [2.45, 2.75) is 30.0 Å². The van der Waals surface area contributed by atoms with E-state index in [4.69, 9.17) is 4.98 Å². The van der Waals surface area contributed by atoms with E-state index in [0.717, 1.165) is 58.9 Å². The molecule has 1 atom stereocenters. The number of carbonyl (C=O) groups excluding carboxylic acids is 1. The third-order valence-corrected chi connectivity index (χ3v) is 7.10. The van der Waals surface area contributed by atoms with Crippen molar-refractivity contribution in [2.75, 3.05) is 13.1 Å². The van der Waals surface area contributed by atoms with E-state index in [0.29, 0.717) is 0 Å². The van der Waals surface area contributed by atoms with E-state index in [1.807, 2.05) is 58.2 Å². The molecule has 1 aliphatic rings. The monoisotopic (exact) mass is 576 g/mol. The summed E-state index contributed by atoms with van der Waals surface area (Å²) < 4.78 is 1.99. The first-order valence-electron chi connectivity index (χ1n) is 10.6. The molecule has 0 aliphatic carbocycles. The molecule has 1 amide bonds. The van der Waals surface area contributed by atoms with Crippen molar-refractivity contribution in [1.82, 2.24) is 19.3 Å². The van der Waals surface area contributed by atoms with Crippen LogP contribution in [0.5, 0.6) is 0 Å². The number of benzene rings is 1. The zero-order valence-electron chi connectivity index (χ0n) is 19.4. The number of hydrogen-bond donors (Lipinski definition) is 0. The van der Waals surface area contributed by atoms with Gasteiger partial charge in [-0.1, -0.05) is 42.1 Å². The van der Waals surface area contributed by atoms with Gasteiger partial charge in [0.25, 0.3) is 0 Å². The first kappa shape index (κ1) is 26.5. The van der Waals surface area contributed by atoms with Crippen molar-refractivity contribution in [3.05, 3.63) is 91.9 Å². The fourth-order valence-corrected chi connectivity index (χ4v) is 5.16. The Labute approximate surface area is 258 Å². The maximum atomic E-state index is 13.3. The first-order chi connectivity index (χ1) is 15.2. The Hall–Kier alpha value is -1.07. The molecule has 1 fully saturated rings. The Morgan fingerprint density at radius 1 is 1.00 bits per heavy atom. The molecule has 164 valence electrons. The summed E-state index contributed by atoms with van der Waals surface area (Å²) >= 11 is 1.55. The van der Waals surface area contributed by atoms with Crippen molar-refractivity contribution in [3.63, 3.8) is 0 Å². The minimum Gasteiger partial charge on any atom is -0.358 e. The minimum absolute atomic E-state index is 0. The molecule has 0 radical (unpaired) electrons. The zero-order chi connectivity index (χ0) is 21.2. The van der Waals surface area contributed by atoms with Gasteiger partial charge in [-0.15, -0.1) is 0 Å². The van der Waals surface area contributed by atoms with Crippen molar-refractivity contribution in [2.24, 2.45) is 0 Å². The number of thioether (sulfide) groups is 1. The number of hydrogen-bond acceptors (Lipinski definition) is 4. The Kier molecular flexibility index (Phi) is 9.70. The number of carbonyl (C=O) groups is 1. The van der Waals surface area contributed by atoms with E-state index in [2.05, 4.69) is 30.1 Å². The van der Waals surface area contributed by atoms with Crippen molar-refractivity contribution in [1.29, 1.82) is 0 Å². The number of aromatic nitrogens is 3. The number of nitrogens with zero attached hydrogens (tertiary/aromatic N) is 4. The van der Waals surface area contributed by atoms with Gasteiger partial charge in [0.05, 0.1) is 5.03 Å². The molecule has 0 spiro atoms. The molecular weight excluding hydrogens is 549 g/mol. The molecule has 3 aromatic heterocycles. The fraction of sp³-hybridized carbons (Fsp3) is 0.231. The predicted octanol–water partition coefficient (Wildman–Crippen LogP) is 2.61. The van der Waals surface area contributed by atoms with Crippen LogP contribution in [0.4, 0.5) is 0 Å². The first-order valence-corrected chi connectivity index (χ1v) is 11.5. The predicted molar refractivity (Wildman–Crippen MR) is 130 cm³/mol. The van der Waals surface area contributed by atoms with E-state index in [9.17, 15) is 4.79 Å². The maximum absolute atomic E-state index is 13.3. The van der Waals surface area contributed by atoms with E-state index < -0.39 is 0 Å². The van der Waals surface area contributed by atoms with Gasteiger partial charge in [0.1, 0.15) is 10.9 Å². The second-order valence-electron chi connectivity index (χ2n) is 7.90. The molecule has 5 rings (SSSR count). The Morgan fingerprint density at radius 3 is 2.48 bits per heavy atom. The summed E-state index contributed by atoms with van der Waals surface area (Å²) in [5.41, 5.74) is 5.14. The van der Waals surface area contributed by atoms with Gasteiger partial charge < -0.3 is 16.7 Å². The summed E-state index contributed by atoms with van der Waals surface area (Å²) in [6, 6.07) is 16.3. The topological polar surface area (TPSA) is 50.5 Å². The Morgan fingerprint density at radius 2 is 1.76 bits per heavy atom.